The highest BCUT2D eigenvalue weighted by Crippen LogP contribution is 2.32. The molecule has 0 amide bonds. The van der Waals surface area contributed by atoms with Gasteiger partial charge in [0, 0.05) is 29.4 Å². The standard InChI is InChI=1S/C17H18F3IN4O3/c18-17(19,20)12-6-22-7-13(24-12)25-14-15(27)11(26)8-28-16(14)10-3-1-9(2-4-10)5-23-21/h1-4,6-7,11,14-16,23,26-27H,5,8H2,(H,24,25)/t11-,14+,15-,16+/m0/s1. The first-order valence-electron chi connectivity index (χ1n) is 8.35. The van der Waals surface area contributed by atoms with Gasteiger partial charge in [0.05, 0.1) is 25.0 Å². The molecule has 1 aromatic heterocycles. The van der Waals surface area contributed by atoms with Crippen LogP contribution in [0.2, 0.25) is 0 Å². The first-order valence-corrected chi connectivity index (χ1v) is 9.43. The molecule has 3 rings (SSSR count). The molecule has 2 heterocycles. The van der Waals surface area contributed by atoms with Gasteiger partial charge in [-0.2, -0.15) is 13.2 Å². The van der Waals surface area contributed by atoms with E-state index in [1.54, 1.807) is 0 Å². The Bertz CT molecular complexity index is 794. The lowest BCUT2D eigenvalue weighted by Crippen LogP contribution is -2.52. The molecule has 1 saturated heterocycles. The number of ether oxygens (including phenoxy) is 1. The highest BCUT2D eigenvalue weighted by molar-refractivity contribution is 14.1. The van der Waals surface area contributed by atoms with Crippen molar-refractivity contribution in [3.63, 3.8) is 0 Å². The molecule has 28 heavy (non-hydrogen) atoms. The average molecular weight is 510 g/mol. The number of hydrogen-bond donors (Lipinski definition) is 4. The summed E-state index contributed by atoms with van der Waals surface area (Å²) in [6.07, 6.45) is -6.06. The van der Waals surface area contributed by atoms with E-state index in [1.165, 1.54) is 0 Å². The highest BCUT2D eigenvalue weighted by Gasteiger charge is 2.40. The summed E-state index contributed by atoms with van der Waals surface area (Å²) in [5.41, 5.74) is 0.583. The molecule has 7 nitrogen and oxygen atoms in total. The van der Waals surface area contributed by atoms with Crippen LogP contribution in [0.1, 0.15) is 22.9 Å². The number of aliphatic hydroxyl groups is 2. The average Bonchev–Trinajstić information content (AvgIpc) is 2.66. The molecule has 0 aliphatic carbocycles. The van der Waals surface area contributed by atoms with E-state index in [2.05, 4.69) is 18.8 Å². The van der Waals surface area contributed by atoms with E-state index < -0.39 is 36.2 Å². The molecular formula is C17H18F3IN4O3. The number of hydrogen-bond acceptors (Lipinski definition) is 7. The predicted octanol–water partition coefficient (Wildman–Crippen LogP) is 2.21. The van der Waals surface area contributed by atoms with Crippen LogP contribution in [0, 0.1) is 0 Å². The molecule has 1 aliphatic heterocycles. The Morgan fingerprint density at radius 3 is 2.54 bits per heavy atom. The number of aromatic nitrogens is 2. The van der Waals surface area contributed by atoms with Gasteiger partial charge in [-0.3, -0.25) is 8.51 Å². The number of halogens is 4. The largest absolute Gasteiger partial charge is 0.434 e. The number of alkyl halides is 3. The second kappa shape index (κ2) is 8.86. The zero-order valence-corrected chi connectivity index (χ0v) is 16.6. The maximum absolute atomic E-state index is 12.9. The molecule has 1 aromatic carbocycles. The van der Waals surface area contributed by atoms with Gasteiger partial charge in [0.2, 0.25) is 0 Å². The van der Waals surface area contributed by atoms with E-state index in [1.807, 2.05) is 47.1 Å². The number of nitrogens with zero attached hydrogens (tertiary/aromatic N) is 2. The fourth-order valence-corrected chi connectivity index (χ4v) is 3.37. The van der Waals surface area contributed by atoms with Crippen LogP contribution in [0.5, 0.6) is 0 Å². The lowest BCUT2D eigenvalue weighted by molar-refractivity contribution is -0.141. The third-order valence-corrected chi connectivity index (χ3v) is 4.73. The summed E-state index contributed by atoms with van der Waals surface area (Å²) < 4.78 is 47.3. The van der Waals surface area contributed by atoms with Crippen molar-refractivity contribution in [2.24, 2.45) is 0 Å². The molecule has 0 bridgehead atoms. The number of anilines is 1. The van der Waals surface area contributed by atoms with Crippen LogP contribution in [0.4, 0.5) is 19.0 Å². The van der Waals surface area contributed by atoms with Gasteiger partial charge in [0.1, 0.15) is 24.1 Å². The normalized spacial score (nSPS) is 25.5. The van der Waals surface area contributed by atoms with Crippen LogP contribution in [-0.2, 0) is 17.5 Å². The first-order chi connectivity index (χ1) is 13.3. The molecule has 4 N–H and O–H groups in total. The van der Waals surface area contributed by atoms with Crippen LogP contribution < -0.4 is 8.85 Å². The molecule has 0 spiro atoms. The van der Waals surface area contributed by atoms with Crippen molar-refractivity contribution in [1.82, 2.24) is 13.5 Å². The Kier molecular flexibility index (Phi) is 6.70. The minimum absolute atomic E-state index is 0.102. The Morgan fingerprint density at radius 1 is 1.18 bits per heavy atom. The van der Waals surface area contributed by atoms with Crippen LogP contribution in [0.15, 0.2) is 36.7 Å². The van der Waals surface area contributed by atoms with Gasteiger partial charge in [-0.15, -0.1) is 0 Å². The quantitative estimate of drug-likeness (QED) is 0.362. The molecule has 0 saturated carbocycles. The van der Waals surface area contributed by atoms with Crippen LogP contribution in [-0.4, -0.2) is 45.0 Å². The lowest BCUT2D eigenvalue weighted by Gasteiger charge is -2.39. The van der Waals surface area contributed by atoms with Crippen LogP contribution in [0.3, 0.4) is 0 Å². The second-order valence-electron chi connectivity index (χ2n) is 6.32. The fourth-order valence-electron chi connectivity index (χ4n) is 2.93. The summed E-state index contributed by atoms with van der Waals surface area (Å²) in [7, 11) is 0. The summed E-state index contributed by atoms with van der Waals surface area (Å²) in [4.78, 5) is 7.06. The van der Waals surface area contributed by atoms with Gasteiger partial charge >= 0.3 is 6.18 Å². The minimum atomic E-state index is -4.65. The van der Waals surface area contributed by atoms with Crippen molar-refractivity contribution in [1.29, 1.82) is 0 Å². The molecular weight excluding hydrogens is 492 g/mol. The first kappa shape index (κ1) is 21.2. The third-order valence-electron chi connectivity index (χ3n) is 4.35. The maximum Gasteiger partial charge on any atom is 0.434 e. The van der Waals surface area contributed by atoms with Crippen molar-refractivity contribution in [3.8, 4) is 0 Å². The van der Waals surface area contributed by atoms with Gasteiger partial charge in [-0.05, 0) is 11.1 Å². The van der Waals surface area contributed by atoms with E-state index >= 15 is 0 Å². The molecule has 4 atom stereocenters. The fraction of sp³-hybridized carbons (Fsp3) is 0.412. The Labute approximate surface area is 172 Å². The van der Waals surface area contributed by atoms with E-state index in [0.29, 0.717) is 18.3 Å². The molecule has 1 fully saturated rings. The van der Waals surface area contributed by atoms with Gasteiger partial charge in [-0.1, -0.05) is 24.3 Å². The number of rotatable bonds is 5. The number of benzene rings is 1. The van der Waals surface area contributed by atoms with E-state index in [9.17, 15) is 23.4 Å². The number of aliphatic hydroxyl groups excluding tert-OH is 2. The van der Waals surface area contributed by atoms with Crippen molar-refractivity contribution in [2.75, 3.05) is 11.9 Å². The molecule has 0 unspecified atom stereocenters. The second-order valence-corrected chi connectivity index (χ2v) is 7.08. The zero-order valence-electron chi connectivity index (χ0n) is 14.4. The third kappa shape index (κ3) is 4.89. The van der Waals surface area contributed by atoms with Crippen LogP contribution in [0.25, 0.3) is 0 Å². The van der Waals surface area contributed by atoms with Gasteiger partial charge in [0.15, 0.2) is 5.69 Å². The van der Waals surface area contributed by atoms with Crippen molar-refractivity contribution >= 4 is 28.7 Å². The Balaban J connectivity index is 1.86. The van der Waals surface area contributed by atoms with E-state index in [0.717, 1.165) is 11.8 Å². The van der Waals surface area contributed by atoms with Crippen molar-refractivity contribution in [2.45, 2.75) is 37.1 Å². The molecule has 152 valence electrons. The SMILES string of the molecule is O[C@@H]1[C@@H](Nc2cncc(C(F)(F)F)n2)[C@@H](c2ccc(CNI)cc2)OC[C@@H]1O. The Hall–Kier alpha value is -1.54. The molecule has 1 aliphatic rings. The van der Waals surface area contributed by atoms with Crippen molar-refractivity contribution < 1.29 is 28.1 Å². The minimum Gasteiger partial charge on any atom is -0.388 e. The van der Waals surface area contributed by atoms with Crippen molar-refractivity contribution in [3.05, 3.63) is 53.5 Å². The summed E-state index contributed by atoms with van der Waals surface area (Å²) in [6, 6.07) is 6.46. The van der Waals surface area contributed by atoms with E-state index in [-0.39, 0.29) is 12.4 Å². The van der Waals surface area contributed by atoms with Crippen LogP contribution >= 0.6 is 22.9 Å². The topological polar surface area (TPSA) is 99.5 Å². The van der Waals surface area contributed by atoms with Gasteiger partial charge in [0.25, 0.3) is 0 Å². The maximum atomic E-state index is 12.9. The summed E-state index contributed by atoms with van der Waals surface area (Å²) in [5.74, 6) is -0.174. The molecule has 2 aromatic rings. The van der Waals surface area contributed by atoms with Gasteiger partial charge in [-0.25, -0.2) is 4.98 Å². The smallest absolute Gasteiger partial charge is 0.388 e. The summed E-state index contributed by atoms with van der Waals surface area (Å²) >= 11 is 2.03. The monoisotopic (exact) mass is 510 g/mol. The zero-order chi connectivity index (χ0) is 20.3. The summed E-state index contributed by atoms with van der Waals surface area (Å²) in [5, 5.41) is 23.1. The lowest BCUT2D eigenvalue weighted by atomic mass is 9.91. The van der Waals surface area contributed by atoms with Gasteiger partial charge < -0.3 is 20.3 Å². The highest BCUT2D eigenvalue weighted by atomic mass is 127. The molecule has 11 heteroatoms. The Morgan fingerprint density at radius 2 is 1.89 bits per heavy atom. The number of nitrogens with one attached hydrogen (secondary N) is 2. The molecule has 0 radical (unpaired) electrons. The summed E-state index contributed by atoms with van der Waals surface area (Å²) in [6.45, 7) is 0.560. The van der Waals surface area contributed by atoms with E-state index in [4.69, 9.17) is 4.74 Å². The predicted molar refractivity (Wildman–Crippen MR) is 102 cm³/mol.